The molecule has 92 valence electrons. The number of carboxylic acids is 1. The molecule has 17 heavy (non-hydrogen) atoms. The van der Waals surface area contributed by atoms with Gasteiger partial charge in [0.15, 0.2) is 0 Å². The number of carboxylic acid groups (broad SMARTS) is 1. The second-order valence-electron chi connectivity index (χ2n) is 4.90. The molecule has 0 spiro atoms. The van der Waals surface area contributed by atoms with Crippen LogP contribution in [0.4, 0.5) is 0 Å². The molecule has 1 N–H and O–H groups in total. The molecular weight excluding hydrogens is 226 g/mol. The maximum Gasteiger partial charge on any atom is 0.326 e. The van der Waals surface area contributed by atoms with Gasteiger partial charge in [-0.3, -0.25) is 14.5 Å². The second kappa shape index (κ2) is 3.29. The summed E-state index contributed by atoms with van der Waals surface area (Å²) < 4.78 is 5.55. The Hall–Kier alpha value is -1.43. The van der Waals surface area contributed by atoms with E-state index in [1.165, 1.54) is 6.92 Å². The Morgan fingerprint density at radius 3 is 2.18 bits per heavy atom. The van der Waals surface area contributed by atoms with Crippen LogP contribution in [0.3, 0.4) is 0 Å². The summed E-state index contributed by atoms with van der Waals surface area (Å²) in [6.45, 7) is 1.36. The number of fused-ring (bicyclic) bond motifs is 5. The molecule has 2 amide bonds. The molecule has 0 saturated carbocycles. The van der Waals surface area contributed by atoms with E-state index < -0.39 is 23.8 Å². The van der Waals surface area contributed by atoms with Gasteiger partial charge in [0.25, 0.3) is 0 Å². The van der Waals surface area contributed by atoms with E-state index in [0.29, 0.717) is 0 Å². The van der Waals surface area contributed by atoms with Gasteiger partial charge in [-0.1, -0.05) is 0 Å². The number of aliphatic carboxylic acids is 1. The van der Waals surface area contributed by atoms with Crippen LogP contribution < -0.4 is 0 Å². The van der Waals surface area contributed by atoms with Crippen LogP contribution in [0.2, 0.25) is 0 Å². The summed E-state index contributed by atoms with van der Waals surface area (Å²) in [6.07, 6.45) is 1.21. The highest BCUT2D eigenvalue weighted by molar-refractivity contribution is 6.08. The van der Waals surface area contributed by atoms with Crippen molar-refractivity contribution in [3.05, 3.63) is 0 Å². The molecule has 0 unspecified atom stereocenters. The molecular formula is C11H13NO5. The number of amides is 2. The monoisotopic (exact) mass is 239 g/mol. The quantitative estimate of drug-likeness (QED) is 0.664. The fraction of sp³-hybridized carbons (Fsp3) is 0.727. The number of hydrogen-bond donors (Lipinski definition) is 1. The Morgan fingerprint density at radius 2 is 1.76 bits per heavy atom. The van der Waals surface area contributed by atoms with Crippen molar-refractivity contribution in [2.45, 2.75) is 38.0 Å². The number of imide groups is 1. The molecule has 0 aromatic heterocycles. The lowest BCUT2D eigenvalue weighted by Crippen LogP contribution is -2.45. The van der Waals surface area contributed by atoms with Crippen molar-refractivity contribution in [1.82, 2.24) is 4.90 Å². The van der Waals surface area contributed by atoms with Crippen molar-refractivity contribution in [2.75, 3.05) is 0 Å². The van der Waals surface area contributed by atoms with Crippen LogP contribution in [-0.4, -0.2) is 46.0 Å². The van der Waals surface area contributed by atoms with Crippen LogP contribution in [0.1, 0.15) is 19.8 Å². The molecule has 6 nitrogen and oxygen atoms in total. The summed E-state index contributed by atoms with van der Waals surface area (Å²) >= 11 is 0. The third kappa shape index (κ3) is 1.21. The highest BCUT2D eigenvalue weighted by atomic mass is 16.5. The molecule has 0 aromatic rings. The van der Waals surface area contributed by atoms with Crippen LogP contribution >= 0.6 is 0 Å². The summed E-state index contributed by atoms with van der Waals surface area (Å²) in [7, 11) is 0. The van der Waals surface area contributed by atoms with Crippen LogP contribution in [-0.2, 0) is 19.1 Å². The van der Waals surface area contributed by atoms with Gasteiger partial charge in [0, 0.05) is 0 Å². The Labute approximate surface area is 97.5 Å². The number of likely N-dealkylation sites (tertiary alicyclic amines) is 1. The van der Waals surface area contributed by atoms with Gasteiger partial charge in [0.05, 0.1) is 24.0 Å². The Kier molecular flexibility index (Phi) is 2.07. The molecule has 6 heteroatoms. The van der Waals surface area contributed by atoms with Crippen molar-refractivity contribution >= 4 is 17.8 Å². The molecule has 3 heterocycles. The van der Waals surface area contributed by atoms with Crippen molar-refractivity contribution < 1.29 is 24.2 Å². The van der Waals surface area contributed by atoms with E-state index in [0.717, 1.165) is 17.7 Å². The molecule has 5 atom stereocenters. The van der Waals surface area contributed by atoms with Crippen molar-refractivity contribution in [3.63, 3.8) is 0 Å². The molecule has 0 radical (unpaired) electrons. The number of hydrogen-bond acceptors (Lipinski definition) is 4. The van der Waals surface area contributed by atoms with Gasteiger partial charge < -0.3 is 9.84 Å². The van der Waals surface area contributed by atoms with Gasteiger partial charge in [0.1, 0.15) is 6.04 Å². The van der Waals surface area contributed by atoms with Crippen LogP contribution in [0, 0.1) is 11.8 Å². The third-order valence-electron chi connectivity index (χ3n) is 4.06. The first-order chi connectivity index (χ1) is 8.02. The number of ether oxygens (including phenoxy) is 1. The van der Waals surface area contributed by atoms with E-state index in [4.69, 9.17) is 9.84 Å². The van der Waals surface area contributed by atoms with Crippen molar-refractivity contribution in [1.29, 1.82) is 0 Å². The number of carbonyl (C=O) groups is 3. The van der Waals surface area contributed by atoms with Gasteiger partial charge in [0.2, 0.25) is 11.8 Å². The van der Waals surface area contributed by atoms with Crippen molar-refractivity contribution in [3.8, 4) is 0 Å². The highest BCUT2D eigenvalue weighted by Crippen LogP contribution is 2.48. The largest absolute Gasteiger partial charge is 0.480 e. The van der Waals surface area contributed by atoms with E-state index >= 15 is 0 Å². The number of rotatable bonds is 2. The molecule has 3 aliphatic rings. The maximum absolute atomic E-state index is 12.1. The summed E-state index contributed by atoms with van der Waals surface area (Å²) in [4.78, 5) is 36.0. The standard InChI is InChI=1S/C11H13NO5/c1-4(11(15)16)12-9(13)7-5-2-3-6(17-5)8(7)10(12)14/h4-8H,2-3H2,1H3,(H,15,16)/t4-,5-,6+,7+,8-/m1/s1. The van der Waals surface area contributed by atoms with Gasteiger partial charge in [-0.2, -0.15) is 0 Å². The van der Waals surface area contributed by atoms with E-state index in [9.17, 15) is 14.4 Å². The lowest BCUT2D eigenvalue weighted by Gasteiger charge is -2.21. The minimum atomic E-state index is -1.15. The molecule has 3 aliphatic heterocycles. The maximum atomic E-state index is 12.1. The normalized spacial score (nSPS) is 40.9. The van der Waals surface area contributed by atoms with Crippen molar-refractivity contribution in [2.24, 2.45) is 11.8 Å². The van der Waals surface area contributed by atoms with Crippen LogP contribution in [0.5, 0.6) is 0 Å². The zero-order valence-corrected chi connectivity index (χ0v) is 9.33. The molecule has 3 fully saturated rings. The minimum Gasteiger partial charge on any atom is -0.480 e. The second-order valence-corrected chi connectivity index (χ2v) is 4.90. The average Bonchev–Trinajstić information content (AvgIpc) is 2.92. The fourth-order valence-corrected chi connectivity index (χ4v) is 3.23. The van der Waals surface area contributed by atoms with Crippen LogP contribution in [0.25, 0.3) is 0 Å². The number of carbonyl (C=O) groups excluding carboxylic acids is 2. The van der Waals surface area contributed by atoms with E-state index in [1.807, 2.05) is 0 Å². The highest BCUT2D eigenvalue weighted by Gasteiger charge is 2.63. The number of nitrogens with zero attached hydrogens (tertiary/aromatic N) is 1. The molecule has 0 aromatic carbocycles. The predicted molar refractivity (Wildman–Crippen MR) is 53.8 cm³/mol. The molecule has 3 rings (SSSR count). The first-order valence-corrected chi connectivity index (χ1v) is 5.77. The summed E-state index contributed by atoms with van der Waals surface area (Å²) in [5, 5.41) is 8.91. The summed E-state index contributed by atoms with van der Waals surface area (Å²) in [6, 6.07) is -1.08. The van der Waals surface area contributed by atoms with Gasteiger partial charge in [-0.05, 0) is 19.8 Å². The smallest absolute Gasteiger partial charge is 0.326 e. The lowest BCUT2D eigenvalue weighted by atomic mass is 9.81. The molecule has 0 aliphatic carbocycles. The zero-order chi connectivity index (χ0) is 12.3. The Morgan fingerprint density at radius 1 is 1.29 bits per heavy atom. The van der Waals surface area contributed by atoms with E-state index in [-0.39, 0.29) is 24.0 Å². The predicted octanol–water partition coefficient (Wildman–Crippen LogP) is -0.378. The summed E-state index contributed by atoms with van der Waals surface area (Å²) in [5.41, 5.74) is 0. The van der Waals surface area contributed by atoms with Gasteiger partial charge >= 0.3 is 5.97 Å². The molecule has 2 bridgehead atoms. The minimum absolute atomic E-state index is 0.188. The Bertz CT molecular complexity index is 392. The topological polar surface area (TPSA) is 83.9 Å². The average molecular weight is 239 g/mol. The fourth-order valence-electron chi connectivity index (χ4n) is 3.23. The van der Waals surface area contributed by atoms with E-state index in [2.05, 4.69) is 0 Å². The summed E-state index contributed by atoms with van der Waals surface area (Å²) in [5.74, 6) is -2.78. The molecule has 3 saturated heterocycles. The van der Waals surface area contributed by atoms with E-state index in [1.54, 1.807) is 0 Å². The van der Waals surface area contributed by atoms with Gasteiger partial charge in [-0.15, -0.1) is 0 Å². The third-order valence-corrected chi connectivity index (χ3v) is 4.06. The van der Waals surface area contributed by atoms with Gasteiger partial charge in [-0.25, -0.2) is 4.79 Å². The first-order valence-electron chi connectivity index (χ1n) is 5.77. The Balaban J connectivity index is 1.93. The zero-order valence-electron chi connectivity index (χ0n) is 9.33. The SMILES string of the molecule is C[C@H](C(=O)O)N1C(=O)[C@@H]2[C@H](C1=O)[C@@H]1CC[C@H]2O1. The van der Waals surface area contributed by atoms with Crippen LogP contribution in [0.15, 0.2) is 0 Å². The first kappa shape index (κ1) is 10.7. The lowest BCUT2D eigenvalue weighted by molar-refractivity contribution is -0.155.